The Bertz CT molecular complexity index is 137. The Labute approximate surface area is 135 Å². The first kappa shape index (κ1) is 18.9. The fourth-order valence-electron chi connectivity index (χ4n) is 1.86. The van der Waals surface area contributed by atoms with Gasteiger partial charge in [-0.3, -0.25) is 0 Å². The van der Waals surface area contributed by atoms with Crippen molar-refractivity contribution >= 4 is 0 Å². The Hall–Kier alpha value is 0.883. The van der Waals surface area contributed by atoms with Gasteiger partial charge in [-0.25, -0.2) is 0 Å². The van der Waals surface area contributed by atoms with Gasteiger partial charge in [0.2, 0.25) is 0 Å². The topological polar surface area (TPSA) is 0 Å². The third-order valence-corrected chi connectivity index (χ3v) is 3.59. The molecule has 0 spiro atoms. The van der Waals surface area contributed by atoms with Crippen LogP contribution in [0, 0.1) is 74.5 Å². The summed E-state index contributed by atoms with van der Waals surface area (Å²) in [5, 5.41) is 0. The molecular formula is C17H22Zr. The molecule has 18 heavy (non-hydrogen) atoms. The van der Waals surface area contributed by atoms with Gasteiger partial charge >= 0.3 is 0 Å². The van der Waals surface area contributed by atoms with Gasteiger partial charge in [0.25, 0.3) is 0 Å². The maximum Gasteiger partial charge on any atom is 0 e. The van der Waals surface area contributed by atoms with Gasteiger partial charge in [0.15, 0.2) is 0 Å². The predicted octanol–water partition coefficient (Wildman–Crippen LogP) is 4.40. The molecule has 1 heteroatoms. The van der Waals surface area contributed by atoms with Crippen molar-refractivity contribution in [1.29, 1.82) is 0 Å². The molecule has 2 rings (SSSR count). The zero-order valence-electron chi connectivity index (χ0n) is 12.0. The minimum atomic E-state index is 0. The summed E-state index contributed by atoms with van der Waals surface area (Å²) in [6.45, 7) is 11.0. The van der Waals surface area contributed by atoms with Crippen molar-refractivity contribution in [3.8, 4) is 0 Å². The summed E-state index contributed by atoms with van der Waals surface area (Å²) in [5.41, 5.74) is 0. The molecule has 2 aliphatic rings. The summed E-state index contributed by atoms with van der Waals surface area (Å²) >= 11 is 0. The first-order chi connectivity index (χ1) is 8.05. The van der Waals surface area contributed by atoms with Gasteiger partial charge in [-0.2, -0.15) is 0 Å². The number of hydrogen-bond acceptors (Lipinski definition) is 0. The normalized spacial score (nSPS) is 25.2. The molecular weight excluding hydrogens is 295 g/mol. The van der Waals surface area contributed by atoms with Crippen molar-refractivity contribution in [3.05, 3.63) is 74.5 Å². The maximum atomic E-state index is 2.20. The molecule has 2 fully saturated rings. The van der Waals surface area contributed by atoms with Crippen LogP contribution in [0.4, 0.5) is 0 Å². The fourth-order valence-corrected chi connectivity index (χ4v) is 1.86. The molecule has 12 radical (unpaired) electrons. The van der Waals surface area contributed by atoms with Gasteiger partial charge in [-0.15, -0.1) is 0 Å². The van der Waals surface area contributed by atoms with Crippen molar-refractivity contribution in [3.63, 3.8) is 0 Å². The van der Waals surface area contributed by atoms with Crippen LogP contribution in [-0.4, -0.2) is 0 Å². The van der Waals surface area contributed by atoms with E-state index in [1.165, 1.54) is 29.6 Å². The van der Waals surface area contributed by atoms with E-state index in [9.17, 15) is 0 Å². The Balaban J connectivity index is 0.000000321. The second kappa shape index (κ2) is 9.73. The van der Waals surface area contributed by atoms with E-state index in [0.717, 1.165) is 0 Å². The Morgan fingerprint density at radius 3 is 0.611 bits per heavy atom. The third-order valence-electron chi connectivity index (χ3n) is 3.59. The van der Waals surface area contributed by atoms with Gasteiger partial charge in [0, 0.05) is 26.2 Å². The van der Waals surface area contributed by atoms with E-state index in [1.807, 2.05) is 44.9 Å². The van der Waals surface area contributed by atoms with Crippen LogP contribution in [-0.2, 0) is 26.2 Å². The molecule has 0 amide bonds. The van der Waals surface area contributed by atoms with Crippen LogP contribution in [0.2, 0.25) is 0 Å². The van der Waals surface area contributed by atoms with Gasteiger partial charge in [0.05, 0.1) is 0 Å². The molecule has 0 nitrogen and oxygen atoms in total. The van der Waals surface area contributed by atoms with Crippen molar-refractivity contribution in [1.82, 2.24) is 0 Å². The minimum Gasteiger partial charge on any atom is -0.0579 e. The maximum absolute atomic E-state index is 2.20. The molecule has 2 saturated carbocycles. The van der Waals surface area contributed by atoms with Crippen LogP contribution in [0.3, 0.4) is 0 Å². The largest absolute Gasteiger partial charge is 0.0579 e. The first-order valence-corrected chi connectivity index (χ1v) is 6.08. The van der Waals surface area contributed by atoms with Crippen LogP contribution in [0.25, 0.3) is 0 Å². The molecule has 0 heterocycles. The SMILES string of the molecule is C[C]1[C](C)[C](C)[C](C)[C]1C.[CH]1[CH][CH][CH][CH][CH][CH]1.[Zr]. The molecule has 0 bridgehead atoms. The number of rotatable bonds is 0. The molecule has 0 aromatic heterocycles. The molecule has 0 aliphatic heterocycles. The van der Waals surface area contributed by atoms with Crippen molar-refractivity contribution < 1.29 is 26.2 Å². The summed E-state index contributed by atoms with van der Waals surface area (Å²) in [6.07, 6.45) is 14.0. The predicted molar refractivity (Wildman–Crippen MR) is 74.7 cm³/mol. The van der Waals surface area contributed by atoms with E-state index < -0.39 is 0 Å². The number of hydrogen-bond donors (Lipinski definition) is 0. The fraction of sp³-hybridized carbons (Fsp3) is 0.294. The van der Waals surface area contributed by atoms with E-state index in [-0.39, 0.29) is 26.2 Å². The Kier molecular flexibility index (Phi) is 10.2. The molecule has 0 aromatic rings. The van der Waals surface area contributed by atoms with Crippen LogP contribution in [0.1, 0.15) is 34.6 Å². The van der Waals surface area contributed by atoms with Crippen molar-refractivity contribution in [2.24, 2.45) is 0 Å². The summed E-state index contributed by atoms with van der Waals surface area (Å²) in [6, 6.07) is 0. The van der Waals surface area contributed by atoms with Gasteiger partial charge in [0.1, 0.15) is 0 Å². The average molecular weight is 318 g/mol. The van der Waals surface area contributed by atoms with Crippen molar-refractivity contribution in [2.45, 2.75) is 34.6 Å². The van der Waals surface area contributed by atoms with Crippen LogP contribution in [0.5, 0.6) is 0 Å². The zero-order valence-corrected chi connectivity index (χ0v) is 14.5. The summed E-state index contributed by atoms with van der Waals surface area (Å²) in [7, 11) is 0. The van der Waals surface area contributed by atoms with Crippen molar-refractivity contribution in [2.75, 3.05) is 0 Å². The molecule has 0 N–H and O–H groups in total. The molecule has 0 aromatic carbocycles. The standard InChI is InChI=1S/C10H15.C7H7.Zr/c1-6-7(2)9(4)10(5)8(6)3;1-2-4-6-7-5-3-1;/h1-5H3;1-7H;. The zero-order chi connectivity index (χ0) is 12.8. The van der Waals surface area contributed by atoms with E-state index >= 15 is 0 Å². The van der Waals surface area contributed by atoms with Crippen LogP contribution >= 0.6 is 0 Å². The molecule has 0 atom stereocenters. The summed E-state index contributed by atoms with van der Waals surface area (Å²) < 4.78 is 0. The first-order valence-electron chi connectivity index (χ1n) is 6.08. The summed E-state index contributed by atoms with van der Waals surface area (Å²) in [5.74, 6) is 7.34. The second-order valence-corrected chi connectivity index (χ2v) is 4.47. The monoisotopic (exact) mass is 316 g/mol. The van der Waals surface area contributed by atoms with Gasteiger partial charge in [-0.05, 0) is 74.5 Å². The van der Waals surface area contributed by atoms with Crippen LogP contribution < -0.4 is 0 Å². The van der Waals surface area contributed by atoms with E-state index in [1.54, 1.807) is 0 Å². The van der Waals surface area contributed by atoms with Gasteiger partial charge in [-0.1, -0.05) is 34.6 Å². The van der Waals surface area contributed by atoms with E-state index in [4.69, 9.17) is 0 Å². The molecule has 94 valence electrons. The Morgan fingerprint density at radius 2 is 0.500 bits per heavy atom. The molecule has 2 aliphatic carbocycles. The van der Waals surface area contributed by atoms with E-state index in [2.05, 4.69) is 34.6 Å². The second-order valence-electron chi connectivity index (χ2n) is 4.47. The smallest absolute Gasteiger partial charge is 0 e. The average Bonchev–Trinajstić information content (AvgIpc) is 2.65. The molecule has 0 unspecified atom stereocenters. The van der Waals surface area contributed by atoms with Crippen LogP contribution in [0.15, 0.2) is 0 Å². The minimum absolute atomic E-state index is 0. The Morgan fingerprint density at radius 1 is 0.389 bits per heavy atom. The quantitative estimate of drug-likeness (QED) is 0.581. The third kappa shape index (κ3) is 5.48. The van der Waals surface area contributed by atoms with E-state index in [0.29, 0.717) is 0 Å². The summed E-state index contributed by atoms with van der Waals surface area (Å²) in [4.78, 5) is 0. The molecule has 0 saturated heterocycles. The van der Waals surface area contributed by atoms with Gasteiger partial charge < -0.3 is 0 Å².